The van der Waals surface area contributed by atoms with E-state index in [-0.39, 0.29) is 5.82 Å². The lowest BCUT2D eigenvalue weighted by molar-refractivity contribution is 0.132. The van der Waals surface area contributed by atoms with Gasteiger partial charge in [0.1, 0.15) is 11.7 Å². The largest absolute Gasteiger partial charge is 0.381 e. The maximum atomic E-state index is 9.26. The lowest BCUT2D eigenvalue weighted by Gasteiger charge is -2.10. The number of nitriles is 1. The number of benzene rings is 1. The van der Waals surface area contributed by atoms with E-state index in [0.29, 0.717) is 0 Å². The van der Waals surface area contributed by atoms with E-state index in [1.165, 1.54) is 11.1 Å². The molecule has 0 unspecified atom stereocenters. The standard InChI is InChI=1S/C21H24N4O/c1-4-11-26-12-5-6-16-7-8-17(13-15(16)2)20-18-9-10-25(3)21(18)24-19(14-22)23-20/h7-10,13H,4-6,11-12H2,1-3H3. The zero-order valence-corrected chi connectivity index (χ0v) is 15.6. The molecule has 134 valence electrons. The molecule has 2 aromatic heterocycles. The Morgan fingerprint density at radius 2 is 2.04 bits per heavy atom. The second-order valence-corrected chi connectivity index (χ2v) is 6.53. The maximum absolute atomic E-state index is 9.26. The molecule has 0 atom stereocenters. The molecule has 3 rings (SSSR count). The number of hydrogen-bond acceptors (Lipinski definition) is 4. The van der Waals surface area contributed by atoms with E-state index in [1.54, 1.807) is 0 Å². The highest BCUT2D eigenvalue weighted by atomic mass is 16.5. The van der Waals surface area contributed by atoms with Crippen LogP contribution in [0.2, 0.25) is 0 Å². The van der Waals surface area contributed by atoms with Crippen LogP contribution in [0, 0.1) is 18.3 Å². The summed E-state index contributed by atoms with van der Waals surface area (Å²) >= 11 is 0. The lowest BCUT2D eigenvalue weighted by atomic mass is 9.99. The number of hydrogen-bond donors (Lipinski definition) is 0. The predicted molar refractivity (Wildman–Crippen MR) is 103 cm³/mol. The summed E-state index contributed by atoms with van der Waals surface area (Å²) in [6.07, 6.45) is 5.03. The van der Waals surface area contributed by atoms with Gasteiger partial charge in [-0.1, -0.05) is 19.1 Å². The van der Waals surface area contributed by atoms with Gasteiger partial charge in [-0.25, -0.2) is 9.97 Å². The number of fused-ring (bicyclic) bond motifs is 1. The smallest absolute Gasteiger partial charge is 0.234 e. The average Bonchev–Trinajstić information content (AvgIpc) is 3.03. The molecular weight excluding hydrogens is 324 g/mol. The fourth-order valence-corrected chi connectivity index (χ4v) is 3.14. The van der Waals surface area contributed by atoms with Gasteiger partial charge in [-0.3, -0.25) is 0 Å². The number of aromatic nitrogens is 3. The predicted octanol–water partition coefficient (Wildman–Crippen LogP) is 4.17. The minimum absolute atomic E-state index is 0.198. The van der Waals surface area contributed by atoms with Gasteiger partial charge < -0.3 is 9.30 Å². The lowest BCUT2D eigenvalue weighted by Crippen LogP contribution is -2.00. The first-order valence-electron chi connectivity index (χ1n) is 9.05. The quantitative estimate of drug-likeness (QED) is 0.601. The topological polar surface area (TPSA) is 63.7 Å². The van der Waals surface area contributed by atoms with Gasteiger partial charge >= 0.3 is 0 Å². The van der Waals surface area contributed by atoms with Crippen molar-refractivity contribution in [1.29, 1.82) is 5.26 Å². The molecular formula is C21H24N4O. The highest BCUT2D eigenvalue weighted by Crippen LogP contribution is 2.28. The molecule has 1 aromatic carbocycles. The molecule has 0 saturated carbocycles. The van der Waals surface area contributed by atoms with E-state index in [4.69, 9.17) is 4.74 Å². The zero-order valence-electron chi connectivity index (χ0n) is 15.6. The third-order valence-corrected chi connectivity index (χ3v) is 4.52. The van der Waals surface area contributed by atoms with Crippen LogP contribution >= 0.6 is 0 Å². The Hall–Kier alpha value is -2.71. The summed E-state index contributed by atoms with van der Waals surface area (Å²) in [4.78, 5) is 8.79. The van der Waals surface area contributed by atoms with Gasteiger partial charge in [0.05, 0.1) is 5.69 Å². The molecule has 0 radical (unpaired) electrons. The molecule has 0 N–H and O–H groups in total. The second-order valence-electron chi connectivity index (χ2n) is 6.53. The summed E-state index contributed by atoms with van der Waals surface area (Å²) in [5.74, 6) is 0.198. The van der Waals surface area contributed by atoms with Crippen LogP contribution in [0.3, 0.4) is 0 Å². The Morgan fingerprint density at radius 3 is 2.77 bits per heavy atom. The Kier molecular flexibility index (Phi) is 5.65. The van der Waals surface area contributed by atoms with Crippen molar-refractivity contribution in [3.8, 4) is 17.3 Å². The van der Waals surface area contributed by atoms with Crippen LogP contribution in [0.1, 0.15) is 36.7 Å². The van der Waals surface area contributed by atoms with E-state index in [2.05, 4.69) is 48.1 Å². The number of aryl methyl sites for hydroxylation is 3. The Bertz CT molecular complexity index is 953. The molecule has 0 aliphatic carbocycles. The molecule has 0 aliphatic heterocycles. The first kappa shape index (κ1) is 18.1. The molecule has 0 bridgehead atoms. The van der Waals surface area contributed by atoms with Crippen LogP contribution < -0.4 is 0 Å². The van der Waals surface area contributed by atoms with E-state index < -0.39 is 0 Å². The van der Waals surface area contributed by atoms with Gasteiger partial charge in [0.2, 0.25) is 5.82 Å². The molecule has 26 heavy (non-hydrogen) atoms. The van der Waals surface area contributed by atoms with Crippen molar-refractivity contribution in [2.75, 3.05) is 13.2 Å². The van der Waals surface area contributed by atoms with E-state index >= 15 is 0 Å². The number of ether oxygens (including phenoxy) is 1. The molecule has 0 saturated heterocycles. The molecule has 0 fully saturated rings. The Balaban J connectivity index is 1.88. The van der Waals surface area contributed by atoms with Crippen molar-refractivity contribution in [2.24, 2.45) is 7.05 Å². The van der Waals surface area contributed by atoms with Crippen molar-refractivity contribution in [3.05, 3.63) is 47.4 Å². The zero-order chi connectivity index (χ0) is 18.5. The molecule has 0 spiro atoms. The summed E-state index contributed by atoms with van der Waals surface area (Å²) in [7, 11) is 1.93. The molecule has 5 heteroatoms. The van der Waals surface area contributed by atoms with Gasteiger partial charge in [0.15, 0.2) is 0 Å². The van der Waals surface area contributed by atoms with Gasteiger partial charge in [-0.2, -0.15) is 5.26 Å². The van der Waals surface area contributed by atoms with Gasteiger partial charge in [0.25, 0.3) is 0 Å². The first-order chi connectivity index (χ1) is 12.6. The fraction of sp³-hybridized carbons (Fsp3) is 0.381. The first-order valence-corrected chi connectivity index (χ1v) is 9.05. The molecule has 3 aromatic rings. The van der Waals surface area contributed by atoms with E-state index in [0.717, 1.165) is 54.8 Å². The third kappa shape index (κ3) is 3.76. The molecule has 2 heterocycles. The maximum Gasteiger partial charge on any atom is 0.234 e. The van der Waals surface area contributed by atoms with Crippen molar-refractivity contribution >= 4 is 11.0 Å². The number of rotatable bonds is 7. The summed E-state index contributed by atoms with van der Waals surface area (Å²) in [6, 6.07) is 10.5. The molecule has 5 nitrogen and oxygen atoms in total. The van der Waals surface area contributed by atoms with Crippen LogP contribution in [0.4, 0.5) is 0 Å². The third-order valence-electron chi connectivity index (χ3n) is 4.52. The summed E-state index contributed by atoms with van der Waals surface area (Å²) < 4.78 is 7.48. The van der Waals surface area contributed by atoms with Crippen LogP contribution in [0.15, 0.2) is 30.5 Å². The summed E-state index contributed by atoms with van der Waals surface area (Å²) in [5, 5.41) is 10.2. The average molecular weight is 348 g/mol. The normalized spacial score (nSPS) is 11.0. The highest BCUT2D eigenvalue weighted by Gasteiger charge is 2.13. The van der Waals surface area contributed by atoms with E-state index in [9.17, 15) is 5.26 Å². The second kappa shape index (κ2) is 8.11. The van der Waals surface area contributed by atoms with Crippen molar-refractivity contribution in [2.45, 2.75) is 33.1 Å². The van der Waals surface area contributed by atoms with Gasteiger partial charge in [0, 0.05) is 37.4 Å². The highest BCUT2D eigenvalue weighted by molar-refractivity contribution is 5.91. The van der Waals surface area contributed by atoms with Gasteiger partial charge in [-0.05, 0) is 49.4 Å². The SMILES string of the molecule is CCCOCCCc1ccc(-c2nc(C#N)nc3c2ccn3C)cc1C. The van der Waals surface area contributed by atoms with Crippen LogP contribution in [0.5, 0.6) is 0 Å². The summed E-state index contributed by atoms with van der Waals surface area (Å²) in [6.45, 7) is 5.88. The van der Waals surface area contributed by atoms with Crippen molar-refractivity contribution in [3.63, 3.8) is 0 Å². The van der Waals surface area contributed by atoms with Crippen LogP contribution in [-0.4, -0.2) is 27.7 Å². The fourth-order valence-electron chi connectivity index (χ4n) is 3.14. The monoisotopic (exact) mass is 348 g/mol. The molecule has 0 aliphatic rings. The Morgan fingerprint density at radius 1 is 1.19 bits per heavy atom. The van der Waals surface area contributed by atoms with Crippen molar-refractivity contribution < 1.29 is 4.74 Å². The minimum atomic E-state index is 0.198. The number of nitrogens with zero attached hydrogens (tertiary/aromatic N) is 4. The van der Waals surface area contributed by atoms with E-state index in [1.807, 2.05) is 23.9 Å². The Labute approximate surface area is 154 Å². The van der Waals surface area contributed by atoms with Crippen LogP contribution in [0.25, 0.3) is 22.3 Å². The summed E-state index contributed by atoms with van der Waals surface area (Å²) in [5.41, 5.74) is 5.17. The molecule has 0 amide bonds. The van der Waals surface area contributed by atoms with Crippen molar-refractivity contribution in [1.82, 2.24) is 14.5 Å². The van der Waals surface area contributed by atoms with Crippen LogP contribution in [-0.2, 0) is 18.2 Å². The minimum Gasteiger partial charge on any atom is -0.381 e. The van der Waals surface area contributed by atoms with Gasteiger partial charge in [-0.15, -0.1) is 0 Å².